The second-order valence-electron chi connectivity index (χ2n) is 3.97. The van der Waals surface area contributed by atoms with Crippen LogP contribution in [0.5, 0.6) is 0 Å². The van der Waals surface area contributed by atoms with Crippen LogP contribution in [0.2, 0.25) is 0 Å². The van der Waals surface area contributed by atoms with Gasteiger partial charge in [0.1, 0.15) is 0 Å². The molecule has 1 fully saturated rings. The van der Waals surface area contributed by atoms with Crippen LogP contribution in [0.25, 0.3) is 0 Å². The first-order valence-electron chi connectivity index (χ1n) is 4.96. The molecule has 3 nitrogen and oxygen atoms in total. The third kappa shape index (κ3) is 1.69. The Bertz CT molecular complexity index is 288. The van der Waals surface area contributed by atoms with E-state index in [1.165, 1.54) is 4.88 Å². The van der Waals surface area contributed by atoms with E-state index < -0.39 is 0 Å². The molecule has 0 aromatic carbocycles. The number of nitrogens with zero attached hydrogens (tertiary/aromatic N) is 1. The molecule has 0 spiro atoms. The predicted molar refractivity (Wildman–Crippen MR) is 57.3 cm³/mol. The van der Waals surface area contributed by atoms with Gasteiger partial charge in [0.15, 0.2) is 0 Å². The minimum Gasteiger partial charge on any atom is -0.378 e. The molecule has 2 N–H and O–H groups in total. The van der Waals surface area contributed by atoms with E-state index in [1.807, 2.05) is 11.7 Å². The molecule has 0 radical (unpaired) electrons. The number of thiazole rings is 1. The largest absolute Gasteiger partial charge is 0.378 e. The van der Waals surface area contributed by atoms with Gasteiger partial charge in [0.2, 0.25) is 0 Å². The van der Waals surface area contributed by atoms with Crippen molar-refractivity contribution in [1.82, 2.24) is 4.98 Å². The number of rotatable bonds is 3. The summed E-state index contributed by atoms with van der Waals surface area (Å²) >= 11 is 1.70. The SMILES string of the molecule is CC1OCCC1(CN)Cc1cncs1. The molecular weight excluding hydrogens is 196 g/mol. The van der Waals surface area contributed by atoms with Crippen molar-refractivity contribution in [3.8, 4) is 0 Å². The van der Waals surface area contributed by atoms with Crippen molar-refractivity contribution < 1.29 is 4.74 Å². The number of nitrogens with two attached hydrogens (primary N) is 1. The molecule has 78 valence electrons. The molecule has 0 amide bonds. The molecule has 1 saturated heterocycles. The average Bonchev–Trinajstić information content (AvgIpc) is 2.79. The van der Waals surface area contributed by atoms with E-state index in [0.717, 1.165) is 19.4 Å². The Morgan fingerprint density at radius 3 is 3.14 bits per heavy atom. The maximum absolute atomic E-state index is 5.88. The topological polar surface area (TPSA) is 48.1 Å². The first-order chi connectivity index (χ1) is 6.77. The lowest BCUT2D eigenvalue weighted by molar-refractivity contribution is 0.0677. The summed E-state index contributed by atoms with van der Waals surface area (Å²) in [5, 5.41) is 0. The van der Waals surface area contributed by atoms with Crippen molar-refractivity contribution in [3.05, 3.63) is 16.6 Å². The molecule has 1 aliphatic heterocycles. The van der Waals surface area contributed by atoms with Crippen LogP contribution in [0.1, 0.15) is 18.2 Å². The summed E-state index contributed by atoms with van der Waals surface area (Å²) in [7, 11) is 0. The van der Waals surface area contributed by atoms with E-state index >= 15 is 0 Å². The summed E-state index contributed by atoms with van der Waals surface area (Å²) in [6.07, 6.45) is 4.29. The van der Waals surface area contributed by atoms with Gasteiger partial charge in [-0.3, -0.25) is 4.98 Å². The van der Waals surface area contributed by atoms with Crippen molar-refractivity contribution >= 4 is 11.3 Å². The molecule has 2 atom stereocenters. The minimum atomic E-state index is 0.145. The zero-order valence-corrected chi connectivity index (χ0v) is 9.22. The van der Waals surface area contributed by atoms with Gasteiger partial charge in [0, 0.05) is 29.6 Å². The highest BCUT2D eigenvalue weighted by Gasteiger charge is 2.40. The normalized spacial score (nSPS) is 32.3. The first kappa shape index (κ1) is 10.1. The quantitative estimate of drug-likeness (QED) is 0.824. The molecule has 1 aromatic rings. The summed E-state index contributed by atoms with van der Waals surface area (Å²) in [6.45, 7) is 3.67. The fourth-order valence-corrected chi connectivity index (χ4v) is 2.82. The first-order valence-corrected chi connectivity index (χ1v) is 5.84. The zero-order valence-electron chi connectivity index (χ0n) is 8.40. The lowest BCUT2D eigenvalue weighted by Crippen LogP contribution is -2.38. The van der Waals surface area contributed by atoms with Gasteiger partial charge >= 0.3 is 0 Å². The Kier molecular flexibility index (Phi) is 2.85. The molecule has 14 heavy (non-hydrogen) atoms. The highest BCUT2D eigenvalue weighted by Crippen LogP contribution is 2.37. The second-order valence-corrected chi connectivity index (χ2v) is 4.94. The molecule has 1 aromatic heterocycles. The van der Waals surface area contributed by atoms with Gasteiger partial charge in [-0.15, -0.1) is 11.3 Å². The summed E-state index contributed by atoms with van der Waals surface area (Å²) in [5.41, 5.74) is 7.90. The molecule has 4 heteroatoms. The Hall–Kier alpha value is -0.450. The fraction of sp³-hybridized carbons (Fsp3) is 0.700. The molecular formula is C10H16N2OS. The van der Waals surface area contributed by atoms with Gasteiger partial charge < -0.3 is 10.5 Å². The molecule has 2 unspecified atom stereocenters. The third-order valence-electron chi connectivity index (χ3n) is 3.25. The maximum atomic E-state index is 5.88. The van der Waals surface area contributed by atoms with Crippen molar-refractivity contribution in [3.63, 3.8) is 0 Å². The van der Waals surface area contributed by atoms with Crippen molar-refractivity contribution in [2.45, 2.75) is 25.9 Å². The van der Waals surface area contributed by atoms with Crippen LogP contribution in [0.15, 0.2) is 11.7 Å². The van der Waals surface area contributed by atoms with E-state index in [4.69, 9.17) is 10.5 Å². The van der Waals surface area contributed by atoms with Crippen molar-refractivity contribution in [2.75, 3.05) is 13.2 Å². The average molecular weight is 212 g/mol. The van der Waals surface area contributed by atoms with Crippen LogP contribution in [0.4, 0.5) is 0 Å². The molecule has 0 aliphatic carbocycles. The molecule has 0 bridgehead atoms. The second kappa shape index (κ2) is 3.96. The summed E-state index contributed by atoms with van der Waals surface area (Å²) in [4.78, 5) is 5.40. The monoisotopic (exact) mass is 212 g/mol. The molecule has 0 saturated carbocycles. The van der Waals surface area contributed by atoms with Crippen LogP contribution >= 0.6 is 11.3 Å². The Morgan fingerprint density at radius 2 is 2.64 bits per heavy atom. The predicted octanol–water partition coefficient (Wildman–Crippen LogP) is 1.44. The lowest BCUT2D eigenvalue weighted by Gasteiger charge is -2.29. The van der Waals surface area contributed by atoms with E-state index in [0.29, 0.717) is 6.54 Å². The number of aromatic nitrogens is 1. The third-order valence-corrected chi connectivity index (χ3v) is 4.03. The summed E-state index contributed by atoms with van der Waals surface area (Å²) < 4.78 is 5.61. The molecule has 2 heterocycles. The summed E-state index contributed by atoms with van der Waals surface area (Å²) in [5.74, 6) is 0. The standard InChI is InChI=1S/C10H16N2OS/c1-8-10(6-11,2-3-13-8)4-9-5-12-7-14-9/h5,7-8H,2-4,6,11H2,1H3. The lowest BCUT2D eigenvalue weighted by atomic mass is 9.78. The minimum absolute atomic E-state index is 0.145. The molecule has 2 rings (SSSR count). The Balaban J connectivity index is 2.13. The van der Waals surface area contributed by atoms with E-state index in [2.05, 4.69) is 11.9 Å². The van der Waals surface area contributed by atoms with E-state index in [-0.39, 0.29) is 11.5 Å². The van der Waals surface area contributed by atoms with Crippen molar-refractivity contribution in [2.24, 2.45) is 11.1 Å². The smallest absolute Gasteiger partial charge is 0.0794 e. The highest BCUT2D eigenvalue weighted by molar-refractivity contribution is 7.09. The van der Waals surface area contributed by atoms with Crippen LogP contribution in [-0.4, -0.2) is 24.2 Å². The van der Waals surface area contributed by atoms with Crippen LogP contribution in [0.3, 0.4) is 0 Å². The van der Waals surface area contributed by atoms with E-state index in [9.17, 15) is 0 Å². The van der Waals surface area contributed by atoms with Gasteiger partial charge in [-0.2, -0.15) is 0 Å². The van der Waals surface area contributed by atoms with Gasteiger partial charge in [0.25, 0.3) is 0 Å². The number of hydrogen-bond donors (Lipinski definition) is 1. The van der Waals surface area contributed by atoms with Gasteiger partial charge in [-0.1, -0.05) is 0 Å². The zero-order chi connectivity index (χ0) is 10.0. The summed E-state index contributed by atoms with van der Waals surface area (Å²) in [6, 6.07) is 0. The van der Waals surface area contributed by atoms with Gasteiger partial charge in [0.05, 0.1) is 11.6 Å². The number of ether oxygens (including phenoxy) is 1. The molecule has 1 aliphatic rings. The van der Waals surface area contributed by atoms with Gasteiger partial charge in [-0.25, -0.2) is 0 Å². The highest BCUT2D eigenvalue weighted by atomic mass is 32.1. The Labute approximate surface area is 88.3 Å². The van der Waals surface area contributed by atoms with Crippen LogP contribution < -0.4 is 5.73 Å². The van der Waals surface area contributed by atoms with E-state index in [1.54, 1.807) is 11.3 Å². The van der Waals surface area contributed by atoms with Crippen molar-refractivity contribution in [1.29, 1.82) is 0 Å². The Morgan fingerprint density at radius 1 is 1.79 bits per heavy atom. The van der Waals surface area contributed by atoms with Gasteiger partial charge in [-0.05, 0) is 19.8 Å². The van der Waals surface area contributed by atoms with Crippen LogP contribution in [0, 0.1) is 5.41 Å². The van der Waals surface area contributed by atoms with Crippen LogP contribution in [-0.2, 0) is 11.2 Å². The maximum Gasteiger partial charge on any atom is 0.0794 e. The fourth-order valence-electron chi connectivity index (χ4n) is 2.07. The number of hydrogen-bond acceptors (Lipinski definition) is 4.